The van der Waals surface area contributed by atoms with E-state index >= 15 is 0 Å². The molecule has 3 rings (SSSR count). The zero-order valence-electron chi connectivity index (χ0n) is 14.6. The molecule has 0 saturated carbocycles. The van der Waals surface area contributed by atoms with E-state index in [2.05, 4.69) is 18.8 Å². The van der Waals surface area contributed by atoms with Gasteiger partial charge >= 0.3 is 0 Å². The minimum atomic E-state index is -0.0985. The van der Waals surface area contributed by atoms with Crippen molar-refractivity contribution in [1.29, 1.82) is 0 Å². The number of fused-ring (bicyclic) bond motifs is 1. The first kappa shape index (κ1) is 18.8. The topological polar surface area (TPSA) is 64.0 Å². The molecule has 0 spiro atoms. The summed E-state index contributed by atoms with van der Waals surface area (Å²) in [6, 6.07) is 9.83. The van der Waals surface area contributed by atoms with E-state index in [4.69, 9.17) is 4.98 Å². The number of carbonyl (C=O) groups is 1. The highest BCUT2D eigenvalue weighted by Gasteiger charge is 2.26. The van der Waals surface area contributed by atoms with Crippen LogP contribution in [0.2, 0.25) is 0 Å². The second kappa shape index (κ2) is 8.60. The standard InChI is InChI=1S/C19H21N3O2S2/c1-3-9-20-16(23)12-25-19-21-15-10-13(2)26-17(15)18(24)22(19)11-14-7-5-4-6-8-14/h3-8,13H,1,9-12H2,2H3,(H,20,23). The van der Waals surface area contributed by atoms with Crippen LogP contribution in [-0.2, 0) is 17.8 Å². The summed E-state index contributed by atoms with van der Waals surface area (Å²) >= 11 is 2.89. The quantitative estimate of drug-likeness (QED) is 0.450. The Kier molecular flexibility index (Phi) is 6.21. The first-order valence-electron chi connectivity index (χ1n) is 8.43. The van der Waals surface area contributed by atoms with Gasteiger partial charge in [-0.2, -0.15) is 0 Å². The van der Waals surface area contributed by atoms with Crippen LogP contribution in [0.5, 0.6) is 0 Å². The zero-order chi connectivity index (χ0) is 18.5. The van der Waals surface area contributed by atoms with Gasteiger partial charge in [0.1, 0.15) is 0 Å². The Hall–Kier alpha value is -1.99. The van der Waals surface area contributed by atoms with Crippen molar-refractivity contribution in [3.05, 3.63) is 64.6 Å². The van der Waals surface area contributed by atoms with Crippen LogP contribution in [-0.4, -0.2) is 33.0 Å². The second-order valence-electron chi connectivity index (χ2n) is 6.06. The Morgan fingerprint density at radius 2 is 2.23 bits per heavy atom. The fourth-order valence-electron chi connectivity index (χ4n) is 2.71. The molecule has 1 amide bonds. The largest absolute Gasteiger partial charge is 0.352 e. The van der Waals surface area contributed by atoms with Crippen LogP contribution in [0.1, 0.15) is 18.2 Å². The lowest BCUT2D eigenvalue weighted by molar-refractivity contribution is -0.118. The molecule has 26 heavy (non-hydrogen) atoms. The Bertz CT molecular complexity index is 865. The molecule has 1 aromatic carbocycles. The van der Waals surface area contributed by atoms with E-state index in [-0.39, 0.29) is 17.2 Å². The molecule has 1 aromatic heterocycles. The molecule has 136 valence electrons. The molecular weight excluding hydrogens is 366 g/mol. The first-order valence-corrected chi connectivity index (χ1v) is 10.3. The third kappa shape index (κ3) is 4.40. The first-order chi connectivity index (χ1) is 12.6. The molecule has 7 heteroatoms. The number of thioether (sulfide) groups is 2. The summed E-state index contributed by atoms with van der Waals surface area (Å²) in [5.41, 5.74) is 1.87. The summed E-state index contributed by atoms with van der Waals surface area (Å²) in [6.45, 7) is 6.57. The van der Waals surface area contributed by atoms with Gasteiger partial charge in [-0.25, -0.2) is 4.98 Å². The summed E-state index contributed by atoms with van der Waals surface area (Å²) in [4.78, 5) is 30.4. The average molecular weight is 388 g/mol. The molecule has 0 radical (unpaired) electrons. The number of carbonyl (C=O) groups excluding carboxylic acids is 1. The van der Waals surface area contributed by atoms with Crippen LogP contribution in [0.15, 0.2) is 57.8 Å². The van der Waals surface area contributed by atoms with Crippen LogP contribution in [0, 0.1) is 0 Å². The van der Waals surface area contributed by atoms with Gasteiger partial charge in [-0.05, 0) is 5.56 Å². The summed E-state index contributed by atoms with van der Waals surface area (Å²) in [7, 11) is 0. The Balaban J connectivity index is 1.90. The summed E-state index contributed by atoms with van der Waals surface area (Å²) in [6.07, 6.45) is 2.43. The third-order valence-electron chi connectivity index (χ3n) is 3.92. The van der Waals surface area contributed by atoms with Crippen molar-refractivity contribution in [2.24, 2.45) is 0 Å². The van der Waals surface area contributed by atoms with Gasteiger partial charge in [0.15, 0.2) is 5.16 Å². The van der Waals surface area contributed by atoms with Crippen molar-refractivity contribution in [2.75, 3.05) is 12.3 Å². The molecule has 1 atom stereocenters. The molecule has 0 bridgehead atoms. The van der Waals surface area contributed by atoms with Gasteiger partial charge in [0.05, 0.1) is 22.9 Å². The smallest absolute Gasteiger partial charge is 0.268 e. The number of amides is 1. The maximum atomic E-state index is 13.0. The number of nitrogens with zero attached hydrogens (tertiary/aromatic N) is 2. The van der Waals surface area contributed by atoms with Gasteiger partial charge in [0, 0.05) is 18.2 Å². The molecule has 0 fully saturated rings. The zero-order valence-corrected chi connectivity index (χ0v) is 16.2. The lowest BCUT2D eigenvalue weighted by atomic mass is 10.2. The highest BCUT2D eigenvalue weighted by atomic mass is 32.2. The third-order valence-corrected chi connectivity index (χ3v) is 6.11. The number of nitrogens with one attached hydrogen (secondary N) is 1. The molecule has 0 aliphatic carbocycles. The average Bonchev–Trinajstić information content (AvgIpc) is 3.02. The minimum absolute atomic E-state index is 0.0118. The van der Waals surface area contributed by atoms with E-state index in [9.17, 15) is 9.59 Å². The second-order valence-corrected chi connectivity index (χ2v) is 8.45. The molecule has 2 heterocycles. The van der Waals surface area contributed by atoms with Crippen molar-refractivity contribution in [2.45, 2.75) is 35.2 Å². The van der Waals surface area contributed by atoms with E-state index in [1.807, 2.05) is 30.3 Å². The van der Waals surface area contributed by atoms with Crippen molar-refractivity contribution in [3.63, 3.8) is 0 Å². The summed E-state index contributed by atoms with van der Waals surface area (Å²) in [5.74, 6) is 0.120. The highest BCUT2D eigenvalue weighted by Crippen LogP contribution is 2.34. The Labute approximate surface area is 161 Å². The molecule has 5 nitrogen and oxygen atoms in total. The molecular formula is C19H21N3O2S2. The van der Waals surface area contributed by atoms with E-state index in [0.29, 0.717) is 23.5 Å². The van der Waals surface area contributed by atoms with Crippen LogP contribution in [0.25, 0.3) is 0 Å². The van der Waals surface area contributed by atoms with Crippen molar-refractivity contribution < 1.29 is 4.79 Å². The maximum Gasteiger partial charge on any atom is 0.268 e. The van der Waals surface area contributed by atoms with E-state index in [1.165, 1.54) is 11.8 Å². The Morgan fingerprint density at radius 3 is 2.96 bits per heavy atom. The number of benzene rings is 1. The van der Waals surface area contributed by atoms with Crippen LogP contribution in [0.3, 0.4) is 0 Å². The Morgan fingerprint density at radius 1 is 1.46 bits per heavy atom. The minimum Gasteiger partial charge on any atom is -0.352 e. The molecule has 0 saturated heterocycles. The van der Waals surface area contributed by atoms with Gasteiger partial charge in [-0.1, -0.05) is 55.1 Å². The highest BCUT2D eigenvalue weighted by molar-refractivity contribution is 8.00. The van der Waals surface area contributed by atoms with Gasteiger partial charge in [0.2, 0.25) is 5.91 Å². The maximum absolute atomic E-state index is 13.0. The van der Waals surface area contributed by atoms with Gasteiger partial charge in [-0.3, -0.25) is 14.2 Å². The summed E-state index contributed by atoms with van der Waals surface area (Å²) in [5, 5.41) is 3.70. The van der Waals surface area contributed by atoms with Crippen LogP contribution < -0.4 is 10.9 Å². The van der Waals surface area contributed by atoms with Crippen molar-refractivity contribution in [3.8, 4) is 0 Å². The van der Waals surface area contributed by atoms with E-state index in [0.717, 1.165) is 22.6 Å². The van der Waals surface area contributed by atoms with Gasteiger partial charge in [-0.15, -0.1) is 18.3 Å². The number of rotatable bonds is 7. The van der Waals surface area contributed by atoms with Crippen LogP contribution >= 0.6 is 23.5 Å². The number of aromatic nitrogens is 2. The van der Waals surface area contributed by atoms with E-state index < -0.39 is 0 Å². The lowest BCUT2D eigenvalue weighted by Crippen LogP contribution is -2.28. The lowest BCUT2D eigenvalue weighted by Gasteiger charge is -2.13. The SMILES string of the molecule is C=CCNC(=O)CSc1nc2c(c(=O)n1Cc1ccccc1)SC(C)C2. The van der Waals surface area contributed by atoms with Crippen LogP contribution in [0.4, 0.5) is 0 Å². The predicted molar refractivity (Wildman–Crippen MR) is 107 cm³/mol. The van der Waals surface area contributed by atoms with E-state index in [1.54, 1.807) is 22.4 Å². The number of hydrogen-bond donors (Lipinski definition) is 1. The number of hydrogen-bond acceptors (Lipinski definition) is 5. The summed E-state index contributed by atoms with van der Waals surface area (Å²) < 4.78 is 1.69. The molecule has 1 aliphatic rings. The molecule has 1 N–H and O–H groups in total. The van der Waals surface area contributed by atoms with Gasteiger partial charge < -0.3 is 5.32 Å². The normalized spacial score (nSPS) is 15.5. The van der Waals surface area contributed by atoms with Crippen molar-refractivity contribution in [1.82, 2.24) is 14.9 Å². The van der Waals surface area contributed by atoms with Gasteiger partial charge in [0.25, 0.3) is 5.56 Å². The molecule has 2 aromatic rings. The predicted octanol–water partition coefficient (Wildman–Crippen LogP) is 2.72. The monoisotopic (exact) mass is 387 g/mol. The van der Waals surface area contributed by atoms with Crippen molar-refractivity contribution >= 4 is 29.4 Å². The fraction of sp³-hybridized carbons (Fsp3) is 0.316. The molecule has 1 aliphatic heterocycles. The molecule has 1 unspecified atom stereocenters. The fourth-order valence-corrected chi connectivity index (χ4v) is 4.67.